The Hall–Kier alpha value is -2.42. The van der Waals surface area contributed by atoms with Gasteiger partial charge < -0.3 is 4.42 Å². The van der Waals surface area contributed by atoms with Gasteiger partial charge in [-0.3, -0.25) is 4.68 Å². The average Bonchev–Trinajstić information content (AvgIpc) is 3.33. The number of aromatic nitrogens is 5. The summed E-state index contributed by atoms with van der Waals surface area (Å²) in [6.45, 7) is 2.50. The van der Waals surface area contributed by atoms with E-state index >= 15 is 0 Å². The Morgan fingerprint density at radius 2 is 2.24 bits per heavy atom. The second-order valence-corrected chi connectivity index (χ2v) is 8.40. The summed E-state index contributed by atoms with van der Waals surface area (Å²) in [7, 11) is -3.00. The van der Waals surface area contributed by atoms with Gasteiger partial charge in [0.05, 0.1) is 24.1 Å². The predicted molar refractivity (Wildman–Crippen MR) is 90.7 cm³/mol. The molecule has 1 unspecified atom stereocenters. The zero-order chi connectivity index (χ0) is 17.4. The van der Waals surface area contributed by atoms with E-state index < -0.39 is 9.84 Å². The molecule has 1 fully saturated rings. The van der Waals surface area contributed by atoms with Crippen LogP contribution < -0.4 is 0 Å². The van der Waals surface area contributed by atoms with Crippen LogP contribution in [0, 0.1) is 0 Å². The van der Waals surface area contributed by atoms with Crippen molar-refractivity contribution >= 4 is 9.84 Å². The van der Waals surface area contributed by atoms with Gasteiger partial charge in [-0.1, -0.05) is 6.92 Å². The summed E-state index contributed by atoms with van der Waals surface area (Å²) < 4.78 is 33.1. The first kappa shape index (κ1) is 16.1. The fourth-order valence-electron chi connectivity index (χ4n) is 3.04. The summed E-state index contributed by atoms with van der Waals surface area (Å²) in [5.74, 6) is 2.92. The topological polar surface area (TPSA) is 95.8 Å². The normalized spacial score (nSPS) is 19.5. The van der Waals surface area contributed by atoms with Gasteiger partial charge in [0.2, 0.25) is 0 Å². The number of sulfone groups is 1. The third-order valence-corrected chi connectivity index (χ3v) is 6.06. The van der Waals surface area contributed by atoms with Crippen LogP contribution in [0.2, 0.25) is 0 Å². The Labute approximate surface area is 145 Å². The summed E-state index contributed by atoms with van der Waals surface area (Å²) in [5.41, 5.74) is 0. The van der Waals surface area contributed by atoms with E-state index in [1.54, 1.807) is 15.6 Å². The summed E-state index contributed by atoms with van der Waals surface area (Å²) >= 11 is 0. The minimum Gasteiger partial charge on any atom is -0.456 e. The lowest BCUT2D eigenvalue weighted by Gasteiger charge is -2.10. The van der Waals surface area contributed by atoms with E-state index in [1.165, 1.54) is 0 Å². The number of nitrogens with zero attached hydrogens (tertiary/aromatic N) is 5. The molecule has 1 atom stereocenters. The van der Waals surface area contributed by atoms with Crippen molar-refractivity contribution < 1.29 is 12.8 Å². The smallest absolute Gasteiger partial charge is 0.194 e. The second-order valence-electron chi connectivity index (χ2n) is 6.18. The van der Waals surface area contributed by atoms with Crippen LogP contribution in [0.3, 0.4) is 0 Å². The van der Waals surface area contributed by atoms with Crippen molar-refractivity contribution in [3.05, 3.63) is 42.2 Å². The van der Waals surface area contributed by atoms with Crippen LogP contribution in [0.15, 0.2) is 35.0 Å². The fourth-order valence-corrected chi connectivity index (χ4v) is 4.74. The largest absolute Gasteiger partial charge is 0.456 e. The monoisotopic (exact) mass is 361 g/mol. The van der Waals surface area contributed by atoms with Crippen molar-refractivity contribution in [2.24, 2.45) is 0 Å². The first-order chi connectivity index (χ1) is 12.0. The number of aryl methyl sites for hydroxylation is 1. The highest BCUT2D eigenvalue weighted by atomic mass is 32.2. The quantitative estimate of drug-likeness (QED) is 0.686. The van der Waals surface area contributed by atoms with E-state index in [1.807, 2.05) is 31.3 Å². The van der Waals surface area contributed by atoms with Crippen molar-refractivity contribution in [3.63, 3.8) is 0 Å². The summed E-state index contributed by atoms with van der Waals surface area (Å²) in [4.78, 5) is 4.54. The Morgan fingerprint density at radius 1 is 1.36 bits per heavy atom. The van der Waals surface area contributed by atoms with Crippen molar-refractivity contribution in [2.45, 2.75) is 32.4 Å². The fraction of sp³-hybridized carbons (Fsp3) is 0.438. The van der Waals surface area contributed by atoms with E-state index in [9.17, 15) is 8.42 Å². The number of rotatable bonds is 5. The number of furan rings is 1. The van der Waals surface area contributed by atoms with Gasteiger partial charge in [0, 0.05) is 18.8 Å². The number of hydrogen-bond donors (Lipinski definition) is 0. The maximum absolute atomic E-state index is 11.8. The van der Waals surface area contributed by atoms with Crippen LogP contribution in [0.25, 0.3) is 11.6 Å². The van der Waals surface area contributed by atoms with E-state index in [0.717, 1.165) is 5.76 Å². The molecule has 9 heteroatoms. The maximum atomic E-state index is 11.8. The van der Waals surface area contributed by atoms with Crippen LogP contribution in [0.1, 0.15) is 31.0 Å². The van der Waals surface area contributed by atoms with Gasteiger partial charge in [0.15, 0.2) is 27.2 Å². The van der Waals surface area contributed by atoms with Gasteiger partial charge in [-0.25, -0.2) is 18.1 Å². The molecule has 0 radical (unpaired) electrons. The summed E-state index contributed by atoms with van der Waals surface area (Å²) in [6, 6.07) is 5.40. The Kier molecular flexibility index (Phi) is 3.95. The average molecular weight is 361 g/mol. The molecule has 0 saturated carbocycles. The van der Waals surface area contributed by atoms with Crippen molar-refractivity contribution in [1.29, 1.82) is 0 Å². The van der Waals surface area contributed by atoms with Crippen molar-refractivity contribution in [1.82, 2.24) is 24.5 Å². The molecule has 3 aromatic rings. The van der Waals surface area contributed by atoms with Gasteiger partial charge >= 0.3 is 0 Å². The lowest BCUT2D eigenvalue weighted by atomic mass is 10.2. The highest BCUT2D eigenvalue weighted by Crippen LogP contribution is 2.29. The van der Waals surface area contributed by atoms with Gasteiger partial charge in [-0.15, -0.1) is 0 Å². The molecule has 1 aliphatic rings. The van der Waals surface area contributed by atoms with Gasteiger partial charge in [0.25, 0.3) is 0 Å². The highest BCUT2D eigenvalue weighted by molar-refractivity contribution is 7.91. The molecular weight excluding hydrogens is 342 g/mol. The van der Waals surface area contributed by atoms with Gasteiger partial charge in [-0.05, 0) is 24.6 Å². The molecule has 4 rings (SSSR count). The molecule has 4 heterocycles. The van der Waals surface area contributed by atoms with Crippen LogP contribution >= 0.6 is 0 Å². The molecule has 1 saturated heterocycles. The minimum atomic E-state index is -3.00. The second kappa shape index (κ2) is 6.14. The van der Waals surface area contributed by atoms with Crippen LogP contribution in [0.5, 0.6) is 0 Å². The molecule has 0 aromatic carbocycles. The molecule has 0 bridgehead atoms. The molecule has 8 nitrogen and oxygen atoms in total. The third kappa shape index (κ3) is 3.23. The SMILES string of the molecule is CCc1nc(-c2ccc(Cn3cccn3)o2)n(C2CCS(=O)(=O)C2)n1. The molecule has 25 heavy (non-hydrogen) atoms. The minimum absolute atomic E-state index is 0.105. The van der Waals surface area contributed by atoms with Crippen molar-refractivity contribution in [3.8, 4) is 11.6 Å². The van der Waals surface area contributed by atoms with Crippen LogP contribution in [0.4, 0.5) is 0 Å². The van der Waals surface area contributed by atoms with Gasteiger partial charge in [0.1, 0.15) is 5.76 Å². The summed E-state index contributed by atoms with van der Waals surface area (Å²) in [5, 5.41) is 8.67. The Morgan fingerprint density at radius 3 is 2.92 bits per heavy atom. The van der Waals surface area contributed by atoms with Crippen LogP contribution in [-0.2, 0) is 22.8 Å². The number of hydrogen-bond acceptors (Lipinski definition) is 6. The Balaban J connectivity index is 1.66. The third-order valence-electron chi connectivity index (χ3n) is 4.30. The van der Waals surface area contributed by atoms with E-state index in [2.05, 4.69) is 15.2 Å². The molecule has 0 N–H and O–H groups in total. The zero-order valence-corrected chi connectivity index (χ0v) is 14.7. The van der Waals surface area contributed by atoms with E-state index in [4.69, 9.17) is 4.42 Å². The molecular formula is C16H19N5O3S. The molecule has 1 aliphatic heterocycles. The lowest BCUT2D eigenvalue weighted by Crippen LogP contribution is -2.14. The molecule has 0 amide bonds. The Bertz CT molecular complexity index is 972. The van der Waals surface area contributed by atoms with Crippen LogP contribution in [-0.4, -0.2) is 44.5 Å². The predicted octanol–water partition coefficient (Wildman–Crippen LogP) is 1.70. The molecule has 3 aromatic heterocycles. The van der Waals surface area contributed by atoms with Crippen molar-refractivity contribution in [2.75, 3.05) is 11.5 Å². The molecule has 0 spiro atoms. The van der Waals surface area contributed by atoms with Gasteiger partial charge in [-0.2, -0.15) is 10.2 Å². The first-order valence-electron chi connectivity index (χ1n) is 8.26. The summed E-state index contributed by atoms with van der Waals surface area (Å²) in [6.07, 6.45) is 4.82. The zero-order valence-electron chi connectivity index (χ0n) is 13.9. The highest BCUT2D eigenvalue weighted by Gasteiger charge is 2.32. The van der Waals surface area contributed by atoms with E-state index in [-0.39, 0.29) is 17.5 Å². The first-order valence-corrected chi connectivity index (χ1v) is 10.1. The van der Waals surface area contributed by atoms with E-state index in [0.29, 0.717) is 36.8 Å². The maximum Gasteiger partial charge on any atom is 0.194 e. The lowest BCUT2D eigenvalue weighted by molar-refractivity contribution is 0.465. The standard InChI is InChI=1S/C16H19N5O3S/c1-2-15-18-16(21(19-15)12-6-9-25(22,23)11-12)14-5-4-13(24-14)10-20-8-3-7-17-20/h3-5,7-8,12H,2,6,9-11H2,1H3. The molecule has 132 valence electrons. The molecule has 0 aliphatic carbocycles.